The van der Waals surface area contributed by atoms with Crippen molar-refractivity contribution < 1.29 is 13.7 Å². The summed E-state index contributed by atoms with van der Waals surface area (Å²) >= 11 is 1.75. The molecule has 0 amide bonds. The normalized spacial score (nSPS) is 14.8. The van der Waals surface area contributed by atoms with Crippen LogP contribution in [0.1, 0.15) is 13.3 Å². The lowest BCUT2D eigenvalue weighted by Gasteiger charge is -2.08. The van der Waals surface area contributed by atoms with Crippen LogP contribution >= 0.6 is 11.8 Å². The van der Waals surface area contributed by atoms with Crippen molar-refractivity contribution in [3.05, 3.63) is 0 Å². The number of methoxy groups -OCH3 is 1. The molecule has 0 rings (SSSR count). The average Bonchev–Trinajstić information content (AvgIpc) is 2.16. The van der Waals surface area contributed by atoms with Crippen LogP contribution in [0.2, 0.25) is 0 Å². The molecule has 0 aromatic carbocycles. The first-order chi connectivity index (χ1) is 6.61. The summed E-state index contributed by atoms with van der Waals surface area (Å²) in [4.78, 5) is 11.0. The summed E-state index contributed by atoms with van der Waals surface area (Å²) in [5.74, 6) is 1.60. The summed E-state index contributed by atoms with van der Waals surface area (Å²) in [6.45, 7) is 1.75. The van der Waals surface area contributed by atoms with Crippen LogP contribution in [0, 0.1) is 5.92 Å². The van der Waals surface area contributed by atoms with E-state index >= 15 is 0 Å². The minimum atomic E-state index is -0.888. The van der Waals surface area contributed by atoms with Gasteiger partial charge in [0.1, 0.15) is 0 Å². The van der Waals surface area contributed by atoms with E-state index in [0.717, 1.165) is 12.2 Å². The molecule has 0 aliphatic rings. The third kappa shape index (κ3) is 6.43. The van der Waals surface area contributed by atoms with E-state index in [1.165, 1.54) is 7.11 Å². The van der Waals surface area contributed by atoms with Gasteiger partial charge < -0.3 is 4.74 Å². The molecule has 0 radical (unpaired) electrons. The van der Waals surface area contributed by atoms with E-state index in [1.807, 2.05) is 6.26 Å². The van der Waals surface area contributed by atoms with E-state index in [4.69, 9.17) is 0 Å². The molecule has 0 saturated heterocycles. The fourth-order valence-corrected chi connectivity index (χ4v) is 2.94. The van der Waals surface area contributed by atoms with Crippen molar-refractivity contribution in [1.82, 2.24) is 0 Å². The molecule has 0 aromatic rings. The van der Waals surface area contributed by atoms with Crippen molar-refractivity contribution in [3.8, 4) is 0 Å². The van der Waals surface area contributed by atoms with Crippen LogP contribution in [-0.4, -0.2) is 40.8 Å². The third-order valence-electron chi connectivity index (χ3n) is 1.76. The van der Waals surface area contributed by atoms with Gasteiger partial charge in [0.2, 0.25) is 0 Å². The largest absolute Gasteiger partial charge is 0.469 e. The molecule has 0 fully saturated rings. The minimum absolute atomic E-state index is 0.255. The number of hydrogen-bond donors (Lipinski definition) is 0. The van der Waals surface area contributed by atoms with Gasteiger partial charge >= 0.3 is 5.97 Å². The zero-order valence-electron chi connectivity index (χ0n) is 8.95. The van der Waals surface area contributed by atoms with Gasteiger partial charge in [-0.25, -0.2) is 0 Å². The molecule has 0 saturated carbocycles. The first-order valence-corrected chi connectivity index (χ1v) is 7.41. The lowest BCUT2D eigenvalue weighted by atomic mass is 10.2. The molecule has 0 bridgehead atoms. The maximum atomic E-state index is 11.4. The van der Waals surface area contributed by atoms with Crippen molar-refractivity contribution in [2.24, 2.45) is 5.92 Å². The molecule has 0 spiro atoms. The topological polar surface area (TPSA) is 43.4 Å². The molecule has 2 unspecified atom stereocenters. The lowest BCUT2D eigenvalue weighted by molar-refractivity contribution is -0.144. The number of hydrogen-bond acceptors (Lipinski definition) is 4. The second-order valence-corrected chi connectivity index (χ2v) is 5.69. The van der Waals surface area contributed by atoms with Gasteiger partial charge in [-0.3, -0.25) is 9.00 Å². The van der Waals surface area contributed by atoms with Crippen molar-refractivity contribution >= 4 is 28.5 Å². The van der Waals surface area contributed by atoms with Crippen LogP contribution in [-0.2, 0) is 20.3 Å². The van der Waals surface area contributed by atoms with Gasteiger partial charge in [0.05, 0.1) is 13.0 Å². The van der Waals surface area contributed by atoms with Gasteiger partial charge in [0.25, 0.3) is 0 Å². The molecule has 0 N–H and O–H groups in total. The molecule has 0 heterocycles. The number of thioether (sulfide) groups is 1. The van der Waals surface area contributed by atoms with Crippen LogP contribution in [0.3, 0.4) is 0 Å². The van der Waals surface area contributed by atoms with Crippen LogP contribution in [0.5, 0.6) is 0 Å². The highest BCUT2D eigenvalue weighted by Gasteiger charge is 2.15. The molecular weight excluding hydrogens is 220 g/mol. The van der Waals surface area contributed by atoms with E-state index in [9.17, 15) is 9.00 Å². The quantitative estimate of drug-likeness (QED) is 0.495. The van der Waals surface area contributed by atoms with Crippen molar-refractivity contribution in [3.63, 3.8) is 0 Å². The number of esters is 1. The SMILES string of the molecule is COC(=O)C(C)CS(=O)CCCSC. The fourth-order valence-electron chi connectivity index (χ4n) is 0.996. The Morgan fingerprint density at radius 1 is 1.57 bits per heavy atom. The van der Waals surface area contributed by atoms with E-state index in [-0.39, 0.29) is 11.9 Å². The summed E-state index contributed by atoms with van der Waals surface area (Å²) in [6, 6.07) is 0. The molecule has 2 atom stereocenters. The van der Waals surface area contributed by atoms with Crippen LogP contribution in [0.15, 0.2) is 0 Å². The predicted octanol–water partition coefficient (Wildman–Crippen LogP) is 1.30. The summed E-state index contributed by atoms with van der Waals surface area (Å²) in [5.41, 5.74) is 0. The molecule has 3 nitrogen and oxygen atoms in total. The van der Waals surface area contributed by atoms with Gasteiger partial charge in [-0.05, 0) is 18.4 Å². The third-order valence-corrected chi connectivity index (χ3v) is 4.07. The molecule has 5 heteroatoms. The highest BCUT2D eigenvalue weighted by Crippen LogP contribution is 2.03. The minimum Gasteiger partial charge on any atom is -0.469 e. The molecular formula is C9H18O3S2. The smallest absolute Gasteiger partial charge is 0.309 e. The second kappa shape index (κ2) is 8.29. The molecule has 84 valence electrons. The molecule has 14 heavy (non-hydrogen) atoms. The van der Waals surface area contributed by atoms with Crippen LogP contribution < -0.4 is 0 Å². The van der Waals surface area contributed by atoms with Gasteiger partial charge in [-0.15, -0.1) is 0 Å². The zero-order valence-corrected chi connectivity index (χ0v) is 10.6. The van der Waals surface area contributed by atoms with Gasteiger partial charge in [-0.2, -0.15) is 11.8 Å². The van der Waals surface area contributed by atoms with Crippen molar-refractivity contribution in [2.75, 3.05) is 30.6 Å². The Hall–Kier alpha value is -0.0300. The van der Waals surface area contributed by atoms with E-state index in [2.05, 4.69) is 4.74 Å². The fraction of sp³-hybridized carbons (Fsp3) is 0.889. The average molecular weight is 238 g/mol. The lowest BCUT2D eigenvalue weighted by Crippen LogP contribution is -2.20. The molecule has 0 aliphatic carbocycles. The van der Waals surface area contributed by atoms with Crippen LogP contribution in [0.25, 0.3) is 0 Å². The first-order valence-electron chi connectivity index (χ1n) is 4.53. The van der Waals surface area contributed by atoms with Crippen molar-refractivity contribution in [2.45, 2.75) is 13.3 Å². The first kappa shape index (κ1) is 14.0. The Kier molecular flexibility index (Phi) is 8.27. The van der Waals surface area contributed by atoms with Crippen LogP contribution in [0.4, 0.5) is 0 Å². The number of rotatable bonds is 7. The summed E-state index contributed by atoms with van der Waals surface area (Å²) in [6.07, 6.45) is 2.97. The van der Waals surface area contributed by atoms with E-state index in [1.54, 1.807) is 18.7 Å². The Bertz CT molecular complexity index is 194. The number of carbonyl (C=O) groups is 1. The number of carbonyl (C=O) groups excluding carboxylic acids is 1. The monoisotopic (exact) mass is 238 g/mol. The van der Waals surface area contributed by atoms with E-state index < -0.39 is 10.8 Å². The maximum Gasteiger partial charge on any atom is 0.309 e. The van der Waals surface area contributed by atoms with Gasteiger partial charge in [0, 0.05) is 22.3 Å². The summed E-state index contributed by atoms with van der Waals surface area (Å²) in [7, 11) is 0.469. The summed E-state index contributed by atoms with van der Waals surface area (Å²) in [5, 5.41) is 0. The predicted molar refractivity (Wildman–Crippen MR) is 62.1 cm³/mol. The Morgan fingerprint density at radius 3 is 2.71 bits per heavy atom. The molecule has 0 aliphatic heterocycles. The summed E-state index contributed by atoms with van der Waals surface area (Å²) < 4.78 is 16.0. The second-order valence-electron chi connectivity index (χ2n) is 3.08. The Morgan fingerprint density at radius 2 is 2.21 bits per heavy atom. The van der Waals surface area contributed by atoms with Gasteiger partial charge in [-0.1, -0.05) is 6.92 Å². The molecule has 0 aromatic heterocycles. The Labute approximate surface area is 92.4 Å². The maximum absolute atomic E-state index is 11.4. The highest BCUT2D eigenvalue weighted by molar-refractivity contribution is 7.98. The van der Waals surface area contributed by atoms with Crippen molar-refractivity contribution in [1.29, 1.82) is 0 Å². The zero-order chi connectivity index (χ0) is 11.0. The van der Waals surface area contributed by atoms with Gasteiger partial charge in [0.15, 0.2) is 0 Å². The highest BCUT2D eigenvalue weighted by atomic mass is 32.2. The number of ether oxygens (including phenoxy) is 1. The standard InChI is InChI=1S/C9H18O3S2/c1-8(9(10)12-2)7-14(11)6-4-5-13-3/h8H,4-7H2,1-3H3. The van der Waals surface area contributed by atoms with E-state index in [0.29, 0.717) is 11.5 Å². The Balaban J connectivity index is 3.65.